The molecule has 0 bridgehead atoms. The van der Waals surface area contributed by atoms with Gasteiger partial charge in [-0.3, -0.25) is 0 Å². The third kappa shape index (κ3) is 2.47. The summed E-state index contributed by atoms with van der Waals surface area (Å²) >= 11 is 17.1. The van der Waals surface area contributed by atoms with Gasteiger partial charge >= 0.3 is 0 Å². The molecule has 1 rings (SSSR count). The second-order valence-corrected chi connectivity index (χ2v) is 6.00. The Bertz CT molecular complexity index is 455. The molecule has 0 aromatic heterocycles. The third-order valence-electron chi connectivity index (χ3n) is 1.55. The van der Waals surface area contributed by atoms with Gasteiger partial charge < -0.3 is 0 Å². The first kappa shape index (κ1) is 12.4. The number of benzene rings is 1. The summed E-state index contributed by atoms with van der Waals surface area (Å²) in [5.74, 6) is 0.0257. The first-order valence-electron chi connectivity index (χ1n) is 3.35. The summed E-state index contributed by atoms with van der Waals surface area (Å²) in [5, 5.41) is 0.288. The van der Waals surface area contributed by atoms with E-state index < -0.39 is 9.05 Å². The number of alkyl halides is 1. The first-order valence-corrected chi connectivity index (χ1v) is 6.95. The summed E-state index contributed by atoms with van der Waals surface area (Å²) < 4.78 is 22.1. The van der Waals surface area contributed by atoms with Gasteiger partial charge in [0, 0.05) is 21.3 Å². The van der Waals surface area contributed by atoms with Crippen molar-refractivity contribution in [3.8, 4) is 0 Å². The minimum Gasteiger partial charge on any atom is -0.207 e. The van der Waals surface area contributed by atoms with Gasteiger partial charge in [0.2, 0.25) is 0 Å². The molecule has 78 valence electrons. The minimum atomic E-state index is -3.86. The highest BCUT2D eigenvalue weighted by atomic mass is 35.7. The van der Waals surface area contributed by atoms with E-state index in [2.05, 4.69) is 0 Å². The molecule has 0 atom stereocenters. The monoisotopic (exact) mass is 292 g/mol. The van der Waals surface area contributed by atoms with Crippen molar-refractivity contribution in [3.05, 3.63) is 27.7 Å². The van der Waals surface area contributed by atoms with Gasteiger partial charge in [-0.1, -0.05) is 23.2 Å². The number of hydrogen-bond donors (Lipinski definition) is 0. The molecule has 14 heavy (non-hydrogen) atoms. The van der Waals surface area contributed by atoms with E-state index >= 15 is 0 Å². The van der Waals surface area contributed by atoms with E-state index in [1.165, 1.54) is 12.1 Å². The molecule has 0 radical (unpaired) electrons. The normalized spacial score (nSPS) is 11.7. The molecular formula is C7H4Cl4O2S. The van der Waals surface area contributed by atoms with Crippen molar-refractivity contribution in [1.29, 1.82) is 0 Å². The topological polar surface area (TPSA) is 34.1 Å². The van der Waals surface area contributed by atoms with Crippen molar-refractivity contribution in [1.82, 2.24) is 0 Å². The predicted octanol–water partition coefficient (Wildman–Crippen LogP) is 3.66. The maximum Gasteiger partial charge on any atom is 0.262 e. The summed E-state index contributed by atoms with van der Waals surface area (Å²) in [6.07, 6.45) is 0. The molecule has 0 aliphatic heterocycles. The zero-order valence-electron chi connectivity index (χ0n) is 6.60. The van der Waals surface area contributed by atoms with Gasteiger partial charge in [0.25, 0.3) is 9.05 Å². The molecule has 0 saturated carbocycles. The zero-order valence-corrected chi connectivity index (χ0v) is 10.4. The van der Waals surface area contributed by atoms with E-state index in [-0.39, 0.29) is 15.8 Å². The van der Waals surface area contributed by atoms with Crippen LogP contribution in [-0.2, 0) is 14.9 Å². The molecule has 0 spiro atoms. The standard InChI is InChI=1S/C7H4Cl4O2S/c8-3-4-5(9)1-2-6(7(4)10)14(11,12)13/h1-2H,3H2. The molecule has 0 fully saturated rings. The Balaban J connectivity index is 3.52. The van der Waals surface area contributed by atoms with Crippen LogP contribution in [0.2, 0.25) is 10.0 Å². The van der Waals surface area contributed by atoms with Crippen LogP contribution in [0.15, 0.2) is 17.0 Å². The van der Waals surface area contributed by atoms with Gasteiger partial charge in [-0.15, -0.1) is 11.6 Å². The zero-order chi connectivity index (χ0) is 10.9. The van der Waals surface area contributed by atoms with E-state index in [9.17, 15) is 8.42 Å². The highest BCUT2D eigenvalue weighted by Crippen LogP contribution is 2.33. The molecule has 0 aliphatic carbocycles. The van der Waals surface area contributed by atoms with Crippen molar-refractivity contribution in [3.63, 3.8) is 0 Å². The van der Waals surface area contributed by atoms with Crippen LogP contribution in [0.1, 0.15) is 5.56 Å². The molecule has 0 unspecified atom stereocenters. The third-order valence-corrected chi connectivity index (χ3v) is 4.08. The van der Waals surface area contributed by atoms with Gasteiger partial charge in [0.15, 0.2) is 0 Å². The number of rotatable bonds is 2. The van der Waals surface area contributed by atoms with E-state index in [0.29, 0.717) is 10.6 Å². The van der Waals surface area contributed by atoms with Crippen molar-refractivity contribution in [2.45, 2.75) is 10.8 Å². The van der Waals surface area contributed by atoms with Crippen molar-refractivity contribution in [2.75, 3.05) is 0 Å². The minimum absolute atomic E-state index is 0.0255. The van der Waals surface area contributed by atoms with Gasteiger partial charge in [-0.25, -0.2) is 8.42 Å². The van der Waals surface area contributed by atoms with Gasteiger partial charge in [-0.2, -0.15) is 0 Å². The quantitative estimate of drug-likeness (QED) is 0.616. The molecule has 0 aliphatic rings. The molecule has 0 saturated heterocycles. The molecule has 1 aromatic carbocycles. The Morgan fingerprint density at radius 2 is 1.79 bits per heavy atom. The van der Waals surface area contributed by atoms with Gasteiger partial charge in [0.1, 0.15) is 4.90 Å². The van der Waals surface area contributed by atoms with Crippen molar-refractivity contribution < 1.29 is 8.42 Å². The maximum atomic E-state index is 11.0. The highest BCUT2D eigenvalue weighted by molar-refractivity contribution is 8.13. The van der Waals surface area contributed by atoms with E-state index in [0.717, 1.165) is 0 Å². The Morgan fingerprint density at radius 3 is 2.21 bits per heavy atom. The molecule has 0 amide bonds. The lowest BCUT2D eigenvalue weighted by Crippen LogP contribution is -1.95. The number of halogens is 4. The van der Waals surface area contributed by atoms with Crippen molar-refractivity contribution >= 4 is 54.5 Å². The van der Waals surface area contributed by atoms with Crippen LogP contribution in [0.5, 0.6) is 0 Å². The summed E-state index contributed by atoms with van der Waals surface area (Å²) in [6, 6.07) is 2.63. The molecule has 2 nitrogen and oxygen atoms in total. The average Bonchev–Trinajstić information content (AvgIpc) is 2.02. The molecule has 0 N–H and O–H groups in total. The van der Waals surface area contributed by atoms with Crippen LogP contribution in [0.4, 0.5) is 0 Å². The molecular weight excluding hydrogens is 290 g/mol. The van der Waals surface area contributed by atoms with Crippen LogP contribution in [0.25, 0.3) is 0 Å². The highest BCUT2D eigenvalue weighted by Gasteiger charge is 2.18. The second kappa shape index (κ2) is 4.45. The van der Waals surface area contributed by atoms with E-state index in [1.807, 2.05) is 0 Å². The summed E-state index contributed by atoms with van der Waals surface area (Å²) in [4.78, 5) is -0.180. The SMILES string of the molecule is O=S(=O)(Cl)c1ccc(Cl)c(CCl)c1Cl. The van der Waals surface area contributed by atoms with Crippen LogP contribution < -0.4 is 0 Å². The van der Waals surface area contributed by atoms with Crippen molar-refractivity contribution in [2.24, 2.45) is 0 Å². The lowest BCUT2D eigenvalue weighted by molar-refractivity contribution is 0.609. The van der Waals surface area contributed by atoms with E-state index in [4.69, 9.17) is 45.5 Å². The predicted molar refractivity (Wildman–Crippen MR) is 59.1 cm³/mol. The fourth-order valence-electron chi connectivity index (χ4n) is 0.887. The average molecular weight is 294 g/mol. The molecule has 1 aromatic rings. The second-order valence-electron chi connectivity index (χ2n) is 2.41. The van der Waals surface area contributed by atoms with Gasteiger partial charge in [0.05, 0.1) is 10.9 Å². The van der Waals surface area contributed by atoms with Crippen LogP contribution in [0, 0.1) is 0 Å². The Hall–Kier alpha value is 0.330. The Morgan fingerprint density at radius 1 is 1.21 bits per heavy atom. The van der Waals surface area contributed by atoms with E-state index in [1.54, 1.807) is 0 Å². The fraction of sp³-hybridized carbons (Fsp3) is 0.143. The Labute approximate surface area is 101 Å². The fourth-order valence-corrected chi connectivity index (χ4v) is 3.18. The largest absolute Gasteiger partial charge is 0.262 e. The maximum absolute atomic E-state index is 11.0. The lowest BCUT2D eigenvalue weighted by Gasteiger charge is -2.06. The molecule has 7 heteroatoms. The summed E-state index contributed by atoms with van der Waals surface area (Å²) in [7, 11) is 1.29. The first-order chi connectivity index (χ1) is 6.38. The smallest absolute Gasteiger partial charge is 0.207 e. The van der Waals surface area contributed by atoms with Gasteiger partial charge in [-0.05, 0) is 12.1 Å². The summed E-state index contributed by atoms with van der Waals surface area (Å²) in [6.45, 7) is 0. The summed E-state index contributed by atoms with van der Waals surface area (Å²) in [5.41, 5.74) is 0.358. The molecule has 0 heterocycles. The van der Waals surface area contributed by atoms with Crippen LogP contribution in [0.3, 0.4) is 0 Å². The van der Waals surface area contributed by atoms with Crippen LogP contribution in [-0.4, -0.2) is 8.42 Å². The lowest BCUT2D eigenvalue weighted by atomic mass is 10.2. The van der Waals surface area contributed by atoms with Crippen LogP contribution >= 0.6 is 45.5 Å². The number of hydrogen-bond acceptors (Lipinski definition) is 2. The Kier molecular flexibility index (Phi) is 3.95.